The summed E-state index contributed by atoms with van der Waals surface area (Å²) in [6.07, 6.45) is 0.997. The summed E-state index contributed by atoms with van der Waals surface area (Å²) in [6, 6.07) is 5.52. The standard InChI is InChI=1S/C17H15F2N5O/c1-8-4-5-11(25-3)9(2)12(8)13-14(21)10(6-20)23-16-15(13)22-7-24(16)17(18)19/h4-5,7,17H,21H2,1-3H3. The first kappa shape index (κ1) is 16.6. The van der Waals surface area contributed by atoms with Crippen molar-refractivity contribution < 1.29 is 13.5 Å². The molecule has 0 amide bonds. The van der Waals surface area contributed by atoms with Gasteiger partial charge in [-0.1, -0.05) is 6.07 Å². The van der Waals surface area contributed by atoms with Gasteiger partial charge in [0, 0.05) is 5.56 Å². The van der Waals surface area contributed by atoms with Crippen LogP contribution in [0.3, 0.4) is 0 Å². The molecule has 0 bridgehead atoms. The van der Waals surface area contributed by atoms with Crippen LogP contribution in [-0.2, 0) is 0 Å². The van der Waals surface area contributed by atoms with Crippen molar-refractivity contribution in [2.45, 2.75) is 20.4 Å². The molecule has 128 valence electrons. The molecule has 1 aromatic carbocycles. The zero-order chi connectivity index (χ0) is 18.3. The van der Waals surface area contributed by atoms with Crippen LogP contribution in [0.15, 0.2) is 18.5 Å². The predicted octanol–water partition coefficient (Wildman–Crippen LogP) is 3.57. The van der Waals surface area contributed by atoms with Crippen LogP contribution in [0.4, 0.5) is 14.5 Å². The van der Waals surface area contributed by atoms with Crippen LogP contribution in [0.5, 0.6) is 5.75 Å². The number of anilines is 1. The van der Waals surface area contributed by atoms with Gasteiger partial charge in [-0.25, -0.2) is 9.97 Å². The van der Waals surface area contributed by atoms with Crippen molar-refractivity contribution in [1.82, 2.24) is 14.5 Å². The normalized spacial score (nSPS) is 11.1. The monoisotopic (exact) mass is 343 g/mol. The van der Waals surface area contributed by atoms with Crippen LogP contribution in [0, 0.1) is 25.2 Å². The fraction of sp³-hybridized carbons (Fsp3) is 0.235. The quantitative estimate of drug-likeness (QED) is 0.785. The highest BCUT2D eigenvalue weighted by molar-refractivity contribution is 6.00. The van der Waals surface area contributed by atoms with Crippen molar-refractivity contribution in [3.05, 3.63) is 35.3 Å². The Kier molecular flexibility index (Phi) is 4.00. The third kappa shape index (κ3) is 2.45. The number of nitrogens with two attached hydrogens (primary N) is 1. The molecule has 0 spiro atoms. The summed E-state index contributed by atoms with van der Waals surface area (Å²) in [5, 5.41) is 9.32. The van der Waals surface area contributed by atoms with E-state index in [-0.39, 0.29) is 22.5 Å². The molecule has 8 heteroatoms. The van der Waals surface area contributed by atoms with Gasteiger partial charge in [-0.15, -0.1) is 0 Å². The van der Waals surface area contributed by atoms with Crippen LogP contribution >= 0.6 is 0 Å². The zero-order valence-electron chi connectivity index (χ0n) is 13.8. The van der Waals surface area contributed by atoms with E-state index in [1.807, 2.05) is 32.0 Å². The van der Waals surface area contributed by atoms with E-state index in [1.54, 1.807) is 7.11 Å². The number of nitriles is 1. The molecule has 25 heavy (non-hydrogen) atoms. The summed E-state index contributed by atoms with van der Waals surface area (Å²) >= 11 is 0. The first-order valence-electron chi connectivity index (χ1n) is 7.39. The maximum atomic E-state index is 13.2. The second kappa shape index (κ2) is 6.02. The number of fused-ring (bicyclic) bond motifs is 1. The number of imidazole rings is 1. The van der Waals surface area contributed by atoms with Crippen molar-refractivity contribution in [3.8, 4) is 22.9 Å². The van der Waals surface area contributed by atoms with Crippen molar-refractivity contribution >= 4 is 16.9 Å². The third-order valence-corrected chi connectivity index (χ3v) is 4.16. The molecule has 2 aromatic heterocycles. The van der Waals surface area contributed by atoms with Gasteiger partial charge in [0.05, 0.1) is 12.8 Å². The van der Waals surface area contributed by atoms with Crippen molar-refractivity contribution in [3.63, 3.8) is 0 Å². The van der Waals surface area contributed by atoms with Crippen LogP contribution in [0.1, 0.15) is 23.4 Å². The number of halogens is 2. The van der Waals surface area contributed by atoms with Gasteiger partial charge < -0.3 is 10.5 Å². The lowest BCUT2D eigenvalue weighted by atomic mass is 9.93. The van der Waals surface area contributed by atoms with Crippen LogP contribution in [0.25, 0.3) is 22.3 Å². The lowest BCUT2D eigenvalue weighted by Gasteiger charge is -2.16. The fourth-order valence-corrected chi connectivity index (χ4v) is 2.97. The molecule has 0 saturated heterocycles. The minimum absolute atomic E-state index is 0.0858. The van der Waals surface area contributed by atoms with Crippen LogP contribution in [0.2, 0.25) is 0 Å². The Morgan fingerprint density at radius 3 is 2.60 bits per heavy atom. The number of pyridine rings is 1. The van der Waals surface area contributed by atoms with E-state index in [1.165, 1.54) is 0 Å². The smallest absolute Gasteiger partial charge is 0.321 e. The van der Waals surface area contributed by atoms with E-state index in [0.717, 1.165) is 17.5 Å². The molecule has 3 aromatic rings. The number of benzene rings is 1. The SMILES string of the molecule is COc1ccc(C)c(-c2c(N)c(C#N)nc3c2ncn3C(F)F)c1C. The van der Waals surface area contributed by atoms with E-state index in [9.17, 15) is 14.0 Å². The van der Waals surface area contributed by atoms with Gasteiger partial charge in [0.25, 0.3) is 0 Å². The Bertz CT molecular complexity index is 1020. The summed E-state index contributed by atoms with van der Waals surface area (Å²) in [5.74, 6) is 0.622. The Hall–Kier alpha value is -3.21. The Morgan fingerprint density at radius 2 is 2.00 bits per heavy atom. The summed E-state index contributed by atoms with van der Waals surface area (Å²) in [6.45, 7) is 0.875. The van der Waals surface area contributed by atoms with E-state index in [2.05, 4.69) is 9.97 Å². The Labute approximate surface area is 142 Å². The number of methoxy groups -OCH3 is 1. The van der Waals surface area contributed by atoms with Gasteiger partial charge in [0.2, 0.25) is 0 Å². The Balaban J connectivity index is 2.49. The average Bonchev–Trinajstić information content (AvgIpc) is 3.00. The van der Waals surface area contributed by atoms with Gasteiger partial charge >= 0.3 is 6.55 Å². The molecular formula is C17H15F2N5O. The topological polar surface area (TPSA) is 89.8 Å². The van der Waals surface area contributed by atoms with E-state index < -0.39 is 6.55 Å². The average molecular weight is 343 g/mol. The summed E-state index contributed by atoms with van der Waals surface area (Å²) in [7, 11) is 1.54. The Morgan fingerprint density at radius 1 is 1.28 bits per heavy atom. The lowest BCUT2D eigenvalue weighted by Crippen LogP contribution is -2.04. The molecule has 0 fully saturated rings. The zero-order valence-corrected chi connectivity index (χ0v) is 13.8. The minimum atomic E-state index is -2.83. The van der Waals surface area contributed by atoms with Crippen molar-refractivity contribution in [2.75, 3.05) is 12.8 Å². The van der Waals surface area contributed by atoms with Crippen molar-refractivity contribution in [1.29, 1.82) is 5.26 Å². The number of hydrogen-bond donors (Lipinski definition) is 1. The largest absolute Gasteiger partial charge is 0.496 e. The molecule has 0 radical (unpaired) electrons. The number of alkyl halides is 2. The maximum absolute atomic E-state index is 13.2. The maximum Gasteiger partial charge on any atom is 0.321 e. The molecular weight excluding hydrogens is 328 g/mol. The summed E-state index contributed by atoms with van der Waals surface area (Å²) < 4.78 is 32.4. The molecule has 2 heterocycles. The first-order chi connectivity index (χ1) is 11.9. The van der Waals surface area contributed by atoms with E-state index in [0.29, 0.717) is 21.4 Å². The summed E-state index contributed by atoms with van der Waals surface area (Å²) in [4.78, 5) is 8.05. The second-order valence-corrected chi connectivity index (χ2v) is 5.55. The molecule has 2 N–H and O–H groups in total. The van der Waals surface area contributed by atoms with E-state index in [4.69, 9.17) is 10.5 Å². The van der Waals surface area contributed by atoms with Crippen molar-refractivity contribution in [2.24, 2.45) is 0 Å². The highest BCUT2D eigenvalue weighted by Crippen LogP contribution is 2.41. The molecule has 0 unspecified atom stereocenters. The third-order valence-electron chi connectivity index (χ3n) is 4.16. The second-order valence-electron chi connectivity index (χ2n) is 5.55. The molecule has 3 rings (SSSR count). The number of aryl methyl sites for hydroxylation is 1. The number of ether oxygens (including phenoxy) is 1. The number of rotatable bonds is 3. The van der Waals surface area contributed by atoms with Gasteiger partial charge in [0.15, 0.2) is 11.3 Å². The number of aromatic nitrogens is 3. The molecule has 0 atom stereocenters. The highest BCUT2D eigenvalue weighted by atomic mass is 19.3. The number of nitrogens with zero attached hydrogens (tertiary/aromatic N) is 4. The molecule has 0 aliphatic carbocycles. The minimum Gasteiger partial charge on any atom is -0.496 e. The molecule has 0 aliphatic heterocycles. The van der Waals surface area contributed by atoms with Gasteiger partial charge in [0.1, 0.15) is 23.7 Å². The number of nitrogen functional groups attached to an aromatic ring is 1. The first-order valence-corrected chi connectivity index (χ1v) is 7.39. The van der Waals surface area contributed by atoms with Gasteiger partial charge in [-0.05, 0) is 36.6 Å². The van der Waals surface area contributed by atoms with Gasteiger partial charge in [-0.2, -0.15) is 14.0 Å². The molecule has 6 nitrogen and oxygen atoms in total. The number of hydrogen-bond acceptors (Lipinski definition) is 5. The predicted molar refractivity (Wildman–Crippen MR) is 89.4 cm³/mol. The fourth-order valence-electron chi connectivity index (χ4n) is 2.97. The molecule has 0 aliphatic rings. The summed E-state index contributed by atoms with van der Waals surface area (Å²) in [5.41, 5.74) is 9.00. The van der Waals surface area contributed by atoms with E-state index >= 15 is 0 Å². The lowest BCUT2D eigenvalue weighted by molar-refractivity contribution is 0.0740. The highest BCUT2D eigenvalue weighted by Gasteiger charge is 2.23. The molecule has 0 saturated carbocycles. The van der Waals surface area contributed by atoms with Crippen LogP contribution in [-0.4, -0.2) is 21.6 Å². The van der Waals surface area contributed by atoms with Gasteiger partial charge in [-0.3, -0.25) is 4.57 Å². The van der Waals surface area contributed by atoms with Crippen LogP contribution < -0.4 is 10.5 Å².